The largest absolute Gasteiger partial charge is 0.394 e. The highest BCUT2D eigenvalue weighted by atomic mass is 16.7. The Hall–Kier alpha value is -1.53. The molecule has 0 bridgehead atoms. The highest BCUT2D eigenvalue weighted by Crippen LogP contribution is 2.30. The number of hydrogen-bond donors (Lipinski definition) is 9. The second-order valence-corrected chi connectivity index (χ2v) is 18.3. The van der Waals surface area contributed by atoms with E-state index in [0.29, 0.717) is 12.8 Å². The number of amides is 1. The number of ether oxygens (including phenoxy) is 4. The average molecular weight is 916 g/mol. The molecule has 0 aliphatic carbocycles. The van der Waals surface area contributed by atoms with Crippen molar-refractivity contribution in [1.29, 1.82) is 0 Å². The van der Waals surface area contributed by atoms with Gasteiger partial charge in [-0.15, -0.1) is 0 Å². The molecule has 2 aliphatic heterocycles. The quantitative estimate of drug-likeness (QED) is 0.0236. The molecule has 14 nitrogen and oxygen atoms in total. The van der Waals surface area contributed by atoms with E-state index in [0.717, 1.165) is 32.1 Å². The fraction of sp³-hybridized carbons (Fsp3) is 0.900. The zero-order valence-corrected chi connectivity index (χ0v) is 39.8. The third-order valence-corrected chi connectivity index (χ3v) is 12.6. The Bertz CT molecular complexity index is 1170. The maximum Gasteiger partial charge on any atom is 0.220 e. The van der Waals surface area contributed by atoms with Crippen LogP contribution in [0.1, 0.15) is 194 Å². The van der Waals surface area contributed by atoms with Crippen molar-refractivity contribution in [2.24, 2.45) is 0 Å². The molecule has 1 amide bonds. The number of aliphatic hydroxyl groups excluding tert-OH is 8. The first kappa shape index (κ1) is 58.6. The van der Waals surface area contributed by atoms with E-state index in [9.17, 15) is 45.6 Å². The molecule has 376 valence electrons. The highest BCUT2D eigenvalue weighted by Gasteiger charge is 2.51. The molecule has 2 heterocycles. The van der Waals surface area contributed by atoms with Gasteiger partial charge in [0.25, 0.3) is 0 Å². The predicted octanol–water partition coefficient (Wildman–Crippen LogP) is 6.55. The van der Waals surface area contributed by atoms with Crippen molar-refractivity contribution in [3.63, 3.8) is 0 Å². The van der Waals surface area contributed by atoms with Crippen molar-refractivity contribution in [3.05, 3.63) is 24.3 Å². The molecule has 64 heavy (non-hydrogen) atoms. The van der Waals surface area contributed by atoms with Gasteiger partial charge in [0.1, 0.15) is 48.8 Å². The predicted molar refractivity (Wildman–Crippen MR) is 249 cm³/mol. The summed E-state index contributed by atoms with van der Waals surface area (Å²) >= 11 is 0. The van der Waals surface area contributed by atoms with E-state index in [4.69, 9.17) is 18.9 Å². The van der Waals surface area contributed by atoms with Crippen LogP contribution in [0.3, 0.4) is 0 Å². The van der Waals surface area contributed by atoms with Crippen LogP contribution in [0.4, 0.5) is 0 Å². The fourth-order valence-electron chi connectivity index (χ4n) is 8.42. The summed E-state index contributed by atoms with van der Waals surface area (Å²) in [7, 11) is 0. The summed E-state index contributed by atoms with van der Waals surface area (Å²) in [4.78, 5) is 13.1. The van der Waals surface area contributed by atoms with Gasteiger partial charge in [0, 0.05) is 6.42 Å². The lowest BCUT2D eigenvalue weighted by molar-refractivity contribution is -0.359. The van der Waals surface area contributed by atoms with E-state index < -0.39 is 86.8 Å². The number of aliphatic hydroxyl groups is 8. The number of hydrogen-bond acceptors (Lipinski definition) is 13. The van der Waals surface area contributed by atoms with Crippen LogP contribution in [-0.4, -0.2) is 140 Å². The number of nitrogens with one attached hydrogen (secondary N) is 1. The summed E-state index contributed by atoms with van der Waals surface area (Å²) in [6.07, 6.45) is 23.6. The summed E-state index contributed by atoms with van der Waals surface area (Å²) in [5.74, 6) is -0.250. The van der Waals surface area contributed by atoms with Crippen LogP contribution in [0.15, 0.2) is 24.3 Å². The van der Waals surface area contributed by atoms with E-state index >= 15 is 0 Å². The zero-order chi connectivity index (χ0) is 46.8. The molecule has 12 unspecified atom stereocenters. The van der Waals surface area contributed by atoms with Gasteiger partial charge in [0.15, 0.2) is 12.6 Å². The van der Waals surface area contributed by atoms with Crippen molar-refractivity contribution in [3.8, 4) is 0 Å². The third-order valence-electron chi connectivity index (χ3n) is 12.6. The van der Waals surface area contributed by atoms with E-state index in [1.165, 1.54) is 128 Å². The molecule has 0 radical (unpaired) electrons. The van der Waals surface area contributed by atoms with Crippen LogP contribution in [0.2, 0.25) is 0 Å². The van der Waals surface area contributed by atoms with Crippen molar-refractivity contribution in [2.75, 3.05) is 19.8 Å². The molecule has 12 atom stereocenters. The molecular weight excluding hydrogens is 823 g/mol. The molecule has 0 spiro atoms. The van der Waals surface area contributed by atoms with Gasteiger partial charge >= 0.3 is 0 Å². The SMILES string of the molecule is CCCCCCCCCCCCCC/C=C/CC/C=C/C(O)C(COC1OC(CO)C(OC2OC(CO)C(O)C(O)C2O)C(O)C1O)NC(=O)CCCCCCCCCCCCCC. The first-order chi connectivity index (χ1) is 31.1. The number of allylic oxidation sites excluding steroid dienone is 3. The van der Waals surface area contributed by atoms with Crippen LogP contribution in [0.25, 0.3) is 0 Å². The van der Waals surface area contributed by atoms with Gasteiger partial charge in [-0.2, -0.15) is 0 Å². The molecule has 2 fully saturated rings. The highest BCUT2D eigenvalue weighted by molar-refractivity contribution is 5.76. The minimum absolute atomic E-state index is 0.250. The van der Waals surface area contributed by atoms with Crippen molar-refractivity contribution >= 4 is 5.91 Å². The minimum atomic E-state index is -1.79. The van der Waals surface area contributed by atoms with Gasteiger partial charge in [0.2, 0.25) is 5.91 Å². The minimum Gasteiger partial charge on any atom is -0.394 e. The lowest BCUT2D eigenvalue weighted by Gasteiger charge is -2.46. The standard InChI is InChI=1S/C50H93NO13/c1-3-5-7-9-11-13-15-17-18-19-20-21-22-23-25-27-29-31-33-39(54)38(51-42(55)34-32-30-28-26-24-16-14-12-10-8-6-4-2)37-61-49-47(60)45(58)48(41(36-53)63-49)64-50-46(59)44(57)43(56)40(35-52)62-50/h23,25,31,33,38-41,43-50,52-54,56-60H,3-22,24,26-30,32,34-37H2,1-2H3,(H,51,55)/b25-23+,33-31+. The van der Waals surface area contributed by atoms with E-state index in [-0.39, 0.29) is 18.9 Å². The molecule has 14 heteroatoms. The molecule has 0 aromatic heterocycles. The fourth-order valence-corrected chi connectivity index (χ4v) is 8.42. The summed E-state index contributed by atoms with van der Waals surface area (Å²) in [5.41, 5.74) is 0. The van der Waals surface area contributed by atoms with Gasteiger partial charge in [-0.05, 0) is 32.1 Å². The Kier molecular flexibility index (Phi) is 34.3. The topological polar surface area (TPSA) is 228 Å². The molecule has 9 N–H and O–H groups in total. The van der Waals surface area contributed by atoms with Crippen LogP contribution in [0.5, 0.6) is 0 Å². The van der Waals surface area contributed by atoms with Crippen LogP contribution >= 0.6 is 0 Å². The Balaban J connectivity index is 1.86. The monoisotopic (exact) mass is 916 g/mol. The van der Waals surface area contributed by atoms with Crippen LogP contribution in [0, 0.1) is 0 Å². The Labute approximate surface area is 386 Å². The van der Waals surface area contributed by atoms with Gasteiger partial charge in [-0.3, -0.25) is 4.79 Å². The summed E-state index contributed by atoms with van der Waals surface area (Å²) < 4.78 is 22.7. The lowest BCUT2D eigenvalue weighted by Crippen LogP contribution is -2.65. The first-order valence-corrected chi connectivity index (χ1v) is 25.6. The summed E-state index contributed by atoms with van der Waals surface area (Å²) in [5, 5.41) is 86.6. The number of unbranched alkanes of at least 4 members (excludes halogenated alkanes) is 24. The molecule has 2 aliphatic rings. The van der Waals surface area contributed by atoms with Crippen molar-refractivity contribution in [2.45, 2.75) is 267 Å². The van der Waals surface area contributed by atoms with E-state index in [2.05, 4.69) is 31.3 Å². The Morgan fingerprint density at radius 3 is 1.53 bits per heavy atom. The molecule has 2 rings (SSSR count). The average Bonchev–Trinajstić information content (AvgIpc) is 3.29. The van der Waals surface area contributed by atoms with Crippen LogP contribution < -0.4 is 5.32 Å². The van der Waals surface area contributed by atoms with Gasteiger partial charge in [0.05, 0.1) is 32.0 Å². The van der Waals surface area contributed by atoms with Gasteiger partial charge in [-0.25, -0.2) is 0 Å². The van der Waals surface area contributed by atoms with Crippen molar-refractivity contribution < 1.29 is 64.6 Å². The molecule has 0 saturated carbocycles. The Morgan fingerprint density at radius 2 is 1.00 bits per heavy atom. The smallest absolute Gasteiger partial charge is 0.220 e. The maximum atomic E-state index is 13.1. The Morgan fingerprint density at radius 1 is 0.547 bits per heavy atom. The van der Waals surface area contributed by atoms with Gasteiger partial charge < -0.3 is 65.1 Å². The zero-order valence-electron chi connectivity index (χ0n) is 39.8. The molecule has 0 aromatic carbocycles. The lowest BCUT2D eigenvalue weighted by atomic mass is 9.97. The molecule has 0 aromatic rings. The molecular formula is C50H93NO13. The van der Waals surface area contributed by atoms with Crippen LogP contribution in [-0.2, 0) is 23.7 Å². The second kappa shape index (κ2) is 37.5. The van der Waals surface area contributed by atoms with E-state index in [1.807, 2.05) is 6.08 Å². The maximum absolute atomic E-state index is 13.1. The summed E-state index contributed by atoms with van der Waals surface area (Å²) in [6.45, 7) is 2.76. The number of carbonyl (C=O) groups excluding carboxylic acids is 1. The normalized spacial score (nSPS) is 27.4. The summed E-state index contributed by atoms with van der Waals surface area (Å²) in [6, 6.07) is -0.925. The number of carbonyl (C=O) groups is 1. The van der Waals surface area contributed by atoms with E-state index in [1.54, 1.807) is 6.08 Å². The molecule has 2 saturated heterocycles. The second-order valence-electron chi connectivity index (χ2n) is 18.3. The third kappa shape index (κ3) is 24.5. The van der Waals surface area contributed by atoms with Gasteiger partial charge in [-0.1, -0.05) is 179 Å². The number of rotatable bonds is 39. The first-order valence-electron chi connectivity index (χ1n) is 25.6. The van der Waals surface area contributed by atoms with Crippen molar-refractivity contribution in [1.82, 2.24) is 5.32 Å².